The smallest absolute Gasteiger partial charge is 0.227 e. The molecule has 2 heterocycles. The van der Waals surface area contributed by atoms with Crippen LogP contribution in [-0.2, 0) is 17.8 Å². The highest BCUT2D eigenvalue weighted by molar-refractivity contribution is 6.29. The van der Waals surface area contributed by atoms with Crippen LogP contribution in [0.25, 0.3) is 11.0 Å². The number of amides is 1. The van der Waals surface area contributed by atoms with Gasteiger partial charge in [-0.25, -0.2) is 4.98 Å². The van der Waals surface area contributed by atoms with E-state index in [9.17, 15) is 4.79 Å². The van der Waals surface area contributed by atoms with Crippen LogP contribution in [0.5, 0.6) is 0 Å². The maximum absolute atomic E-state index is 12.1. The highest BCUT2D eigenvalue weighted by Gasteiger charge is 2.13. The van der Waals surface area contributed by atoms with Crippen LogP contribution in [0.4, 0.5) is 5.95 Å². The molecule has 0 saturated carbocycles. The first-order chi connectivity index (χ1) is 10.7. The van der Waals surface area contributed by atoms with Gasteiger partial charge in [-0.2, -0.15) is 0 Å². The number of nitrogens with one attached hydrogen (secondary N) is 1. The molecule has 0 saturated heterocycles. The minimum Gasteiger partial charge on any atom is -0.360 e. The number of halogens is 1. The van der Waals surface area contributed by atoms with Gasteiger partial charge in [0, 0.05) is 25.5 Å². The third-order valence-corrected chi connectivity index (χ3v) is 3.53. The summed E-state index contributed by atoms with van der Waals surface area (Å²) in [6.45, 7) is 2.74. The SMILES string of the molecule is CCn1c(NC(=O)CCc2cc(Cl)no2)nc2ccccc21. The third kappa shape index (κ3) is 2.96. The van der Waals surface area contributed by atoms with Crippen LogP contribution in [0.2, 0.25) is 5.15 Å². The molecular weight excluding hydrogens is 304 g/mol. The average Bonchev–Trinajstić information content (AvgIpc) is 3.08. The number of anilines is 1. The normalized spacial score (nSPS) is 11.0. The van der Waals surface area contributed by atoms with E-state index < -0.39 is 0 Å². The van der Waals surface area contributed by atoms with Crippen LogP contribution in [0.15, 0.2) is 34.9 Å². The van der Waals surface area contributed by atoms with Crippen LogP contribution in [-0.4, -0.2) is 20.6 Å². The molecule has 3 aromatic rings. The maximum Gasteiger partial charge on any atom is 0.227 e. The number of fused-ring (bicyclic) bond motifs is 1. The Morgan fingerprint density at radius 3 is 2.95 bits per heavy atom. The Kier molecular flexibility index (Phi) is 4.11. The third-order valence-electron chi connectivity index (χ3n) is 3.35. The molecule has 0 fully saturated rings. The second-order valence-corrected chi connectivity index (χ2v) is 5.22. The molecule has 1 amide bonds. The fourth-order valence-electron chi connectivity index (χ4n) is 2.32. The van der Waals surface area contributed by atoms with Crippen LogP contribution in [0, 0.1) is 0 Å². The van der Waals surface area contributed by atoms with Gasteiger partial charge >= 0.3 is 0 Å². The Labute approximate surface area is 132 Å². The zero-order chi connectivity index (χ0) is 15.5. The van der Waals surface area contributed by atoms with Crippen molar-refractivity contribution >= 4 is 34.5 Å². The van der Waals surface area contributed by atoms with Gasteiger partial charge in [0.1, 0.15) is 5.76 Å². The van der Waals surface area contributed by atoms with E-state index in [0.717, 1.165) is 17.6 Å². The molecule has 0 atom stereocenters. The Balaban J connectivity index is 1.71. The van der Waals surface area contributed by atoms with Crippen LogP contribution in [0.3, 0.4) is 0 Å². The summed E-state index contributed by atoms with van der Waals surface area (Å²) >= 11 is 5.67. The first kappa shape index (κ1) is 14.6. The number of para-hydroxylation sites is 2. The summed E-state index contributed by atoms with van der Waals surface area (Å²) in [5, 5.41) is 6.72. The molecule has 0 bridgehead atoms. The fourth-order valence-corrected chi connectivity index (χ4v) is 2.48. The van der Waals surface area contributed by atoms with E-state index >= 15 is 0 Å². The van der Waals surface area contributed by atoms with Crippen molar-refractivity contribution in [3.05, 3.63) is 41.2 Å². The number of aromatic nitrogens is 3. The summed E-state index contributed by atoms with van der Waals surface area (Å²) in [6, 6.07) is 9.39. The predicted molar refractivity (Wildman–Crippen MR) is 83.9 cm³/mol. The highest BCUT2D eigenvalue weighted by Crippen LogP contribution is 2.19. The standard InChI is InChI=1S/C15H15ClN4O2/c1-2-20-12-6-4-3-5-11(12)17-15(20)18-14(21)8-7-10-9-13(16)19-22-10/h3-6,9H,2,7-8H2,1H3,(H,17,18,21). The van der Waals surface area contributed by atoms with Crippen molar-refractivity contribution in [2.24, 2.45) is 0 Å². The zero-order valence-electron chi connectivity index (χ0n) is 12.0. The number of carbonyl (C=O) groups excluding carboxylic acids is 1. The molecule has 0 spiro atoms. The van der Waals surface area contributed by atoms with Crippen LogP contribution in [0.1, 0.15) is 19.1 Å². The number of rotatable bonds is 5. The van der Waals surface area contributed by atoms with Gasteiger partial charge in [0.05, 0.1) is 11.0 Å². The number of hydrogen-bond donors (Lipinski definition) is 1. The molecule has 0 aliphatic carbocycles. The number of imidazole rings is 1. The lowest BCUT2D eigenvalue weighted by molar-refractivity contribution is -0.116. The Morgan fingerprint density at radius 1 is 1.41 bits per heavy atom. The van der Waals surface area contributed by atoms with Crippen molar-refractivity contribution in [2.75, 3.05) is 5.32 Å². The highest BCUT2D eigenvalue weighted by atomic mass is 35.5. The average molecular weight is 319 g/mol. The molecule has 0 unspecified atom stereocenters. The summed E-state index contributed by atoms with van der Waals surface area (Å²) in [6.07, 6.45) is 0.719. The van der Waals surface area contributed by atoms with Crippen molar-refractivity contribution in [3.8, 4) is 0 Å². The fraction of sp³-hybridized carbons (Fsp3) is 0.267. The van der Waals surface area contributed by atoms with Gasteiger partial charge in [-0.15, -0.1) is 0 Å². The molecular formula is C15H15ClN4O2. The van der Waals surface area contributed by atoms with E-state index in [1.54, 1.807) is 6.07 Å². The molecule has 1 N–H and O–H groups in total. The van der Waals surface area contributed by atoms with Crippen molar-refractivity contribution in [3.63, 3.8) is 0 Å². The van der Waals surface area contributed by atoms with E-state index in [2.05, 4.69) is 15.5 Å². The number of carbonyl (C=O) groups is 1. The molecule has 0 aliphatic heterocycles. The van der Waals surface area contributed by atoms with Gasteiger partial charge in [-0.3, -0.25) is 10.1 Å². The summed E-state index contributed by atoms with van der Waals surface area (Å²) < 4.78 is 6.95. The summed E-state index contributed by atoms with van der Waals surface area (Å²) in [4.78, 5) is 16.5. The number of aryl methyl sites for hydroxylation is 2. The summed E-state index contributed by atoms with van der Waals surface area (Å²) in [7, 11) is 0. The molecule has 2 aromatic heterocycles. The van der Waals surface area contributed by atoms with Gasteiger partial charge in [-0.05, 0) is 19.1 Å². The molecule has 114 valence electrons. The molecule has 1 aromatic carbocycles. The van der Waals surface area contributed by atoms with Crippen LogP contribution >= 0.6 is 11.6 Å². The Morgan fingerprint density at radius 2 is 2.23 bits per heavy atom. The molecule has 0 radical (unpaired) electrons. The quantitative estimate of drug-likeness (QED) is 0.783. The summed E-state index contributed by atoms with van der Waals surface area (Å²) in [5.74, 6) is 1.02. The van der Waals surface area contributed by atoms with E-state index in [1.165, 1.54) is 0 Å². The first-order valence-corrected chi connectivity index (χ1v) is 7.41. The van der Waals surface area contributed by atoms with Crippen LogP contribution < -0.4 is 5.32 Å². The van der Waals surface area contributed by atoms with E-state index in [1.807, 2.05) is 35.8 Å². The lowest BCUT2D eigenvalue weighted by atomic mass is 10.2. The van der Waals surface area contributed by atoms with Crippen molar-refractivity contribution < 1.29 is 9.32 Å². The lowest BCUT2D eigenvalue weighted by Gasteiger charge is -2.07. The number of hydrogen-bond acceptors (Lipinski definition) is 4. The summed E-state index contributed by atoms with van der Waals surface area (Å²) in [5.41, 5.74) is 1.86. The second-order valence-electron chi connectivity index (χ2n) is 4.83. The van der Waals surface area contributed by atoms with E-state index in [-0.39, 0.29) is 12.3 Å². The van der Waals surface area contributed by atoms with Crippen molar-refractivity contribution in [2.45, 2.75) is 26.3 Å². The minimum atomic E-state index is -0.127. The van der Waals surface area contributed by atoms with Crippen molar-refractivity contribution in [1.29, 1.82) is 0 Å². The van der Waals surface area contributed by atoms with Gasteiger partial charge in [0.2, 0.25) is 11.9 Å². The van der Waals surface area contributed by atoms with Gasteiger partial charge < -0.3 is 9.09 Å². The topological polar surface area (TPSA) is 73.0 Å². The van der Waals surface area contributed by atoms with Gasteiger partial charge in [0.25, 0.3) is 0 Å². The molecule has 0 aliphatic rings. The first-order valence-electron chi connectivity index (χ1n) is 7.03. The zero-order valence-corrected chi connectivity index (χ0v) is 12.8. The Hall–Kier alpha value is -2.34. The molecule has 6 nitrogen and oxygen atoms in total. The monoisotopic (exact) mass is 318 g/mol. The molecule has 7 heteroatoms. The van der Waals surface area contributed by atoms with E-state index in [0.29, 0.717) is 23.3 Å². The number of nitrogens with zero attached hydrogens (tertiary/aromatic N) is 3. The lowest BCUT2D eigenvalue weighted by Crippen LogP contribution is -2.16. The Bertz CT molecular complexity index is 809. The second kappa shape index (κ2) is 6.19. The van der Waals surface area contributed by atoms with E-state index in [4.69, 9.17) is 16.1 Å². The largest absolute Gasteiger partial charge is 0.360 e. The maximum atomic E-state index is 12.1. The van der Waals surface area contributed by atoms with Crippen molar-refractivity contribution in [1.82, 2.24) is 14.7 Å². The minimum absolute atomic E-state index is 0.127. The van der Waals surface area contributed by atoms with Gasteiger partial charge in [-0.1, -0.05) is 28.9 Å². The predicted octanol–water partition coefficient (Wildman–Crippen LogP) is 3.27. The van der Waals surface area contributed by atoms with Gasteiger partial charge in [0.15, 0.2) is 5.15 Å². The molecule has 3 rings (SSSR count). The molecule has 22 heavy (non-hydrogen) atoms. The number of benzene rings is 1.